The van der Waals surface area contributed by atoms with E-state index in [1.54, 1.807) is 24.3 Å². The normalized spacial score (nSPS) is 10.8. The zero-order valence-electron chi connectivity index (χ0n) is 17.2. The Morgan fingerprint density at radius 1 is 1.12 bits per heavy atom. The predicted octanol–water partition coefficient (Wildman–Crippen LogP) is 4.95. The Kier molecular flexibility index (Phi) is 6.00. The van der Waals surface area contributed by atoms with Crippen molar-refractivity contribution in [2.45, 2.75) is 13.5 Å². The van der Waals surface area contributed by atoms with Gasteiger partial charge in [-0.1, -0.05) is 17.4 Å². The van der Waals surface area contributed by atoms with E-state index in [1.165, 1.54) is 22.5 Å². The number of ether oxygens (including phenoxy) is 1. The van der Waals surface area contributed by atoms with E-state index in [2.05, 4.69) is 4.98 Å². The Hall–Kier alpha value is -4.32. The molecule has 0 aliphatic heterocycles. The summed E-state index contributed by atoms with van der Waals surface area (Å²) in [5, 5.41) is 22.8. The summed E-state index contributed by atoms with van der Waals surface area (Å²) in [6.45, 7) is 2.23. The molecule has 0 aliphatic rings. The van der Waals surface area contributed by atoms with Crippen LogP contribution in [0.25, 0.3) is 10.2 Å². The highest BCUT2D eigenvalue weighted by molar-refractivity contribution is 7.22. The van der Waals surface area contributed by atoms with E-state index in [1.807, 2.05) is 13.0 Å². The number of nitro groups is 2. The Morgan fingerprint density at radius 3 is 2.45 bits per heavy atom. The number of hydrogen-bond donors (Lipinski definition) is 0. The fourth-order valence-electron chi connectivity index (χ4n) is 3.17. The molecule has 4 aromatic rings. The predicted molar refractivity (Wildman–Crippen MR) is 120 cm³/mol. The fourth-order valence-corrected chi connectivity index (χ4v) is 4.15. The van der Waals surface area contributed by atoms with Gasteiger partial charge in [0.25, 0.3) is 17.3 Å². The van der Waals surface area contributed by atoms with Gasteiger partial charge in [-0.05, 0) is 31.2 Å². The quantitative estimate of drug-likeness (QED) is 0.261. The molecule has 0 N–H and O–H groups in total. The van der Waals surface area contributed by atoms with Crippen LogP contribution >= 0.6 is 11.3 Å². The lowest BCUT2D eigenvalue weighted by atomic mass is 10.1. The van der Waals surface area contributed by atoms with Gasteiger partial charge < -0.3 is 9.15 Å². The first-order valence-corrected chi connectivity index (χ1v) is 10.5. The highest BCUT2D eigenvalue weighted by Crippen LogP contribution is 2.36. The third-order valence-electron chi connectivity index (χ3n) is 4.61. The molecule has 2 aromatic heterocycles. The second-order valence-corrected chi connectivity index (χ2v) is 7.76. The van der Waals surface area contributed by atoms with E-state index in [0.29, 0.717) is 23.6 Å². The van der Waals surface area contributed by atoms with E-state index in [4.69, 9.17) is 9.15 Å². The van der Waals surface area contributed by atoms with Crippen LogP contribution < -0.4 is 9.64 Å². The molecule has 1 amide bonds. The fraction of sp³-hybridized carbons (Fsp3) is 0.143. The Bertz CT molecular complexity index is 1320. The van der Waals surface area contributed by atoms with Crippen LogP contribution in [0.1, 0.15) is 23.0 Å². The zero-order valence-corrected chi connectivity index (χ0v) is 18.0. The number of anilines is 1. The smallest absolute Gasteiger partial charge is 0.277 e. The number of fused-ring (bicyclic) bond motifs is 1. The molecular weight excluding hydrogens is 452 g/mol. The highest BCUT2D eigenvalue weighted by Gasteiger charge is 2.27. The summed E-state index contributed by atoms with van der Waals surface area (Å²) in [6.07, 6.45) is 1.45. The molecule has 4 rings (SSSR count). The molecule has 0 bridgehead atoms. The summed E-state index contributed by atoms with van der Waals surface area (Å²) in [5.41, 5.74) is -0.782. The van der Waals surface area contributed by atoms with Gasteiger partial charge in [-0.2, -0.15) is 0 Å². The monoisotopic (exact) mass is 468 g/mol. The maximum absolute atomic E-state index is 13.5. The standard InChI is InChI=1S/C21H16N4O7S/c1-2-31-17-6-3-7-18-19(17)22-21(33-18)23(12-16-5-4-8-32-16)20(26)13-9-14(24(27)28)11-15(10-13)25(29)30/h3-11H,2,12H2,1H3. The molecule has 2 aromatic carbocycles. The average molecular weight is 468 g/mol. The number of thiazole rings is 1. The van der Waals surface area contributed by atoms with E-state index in [-0.39, 0.29) is 17.2 Å². The van der Waals surface area contributed by atoms with Crippen LogP contribution in [0.2, 0.25) is 0 Å². The van der Waals surface area contributed by atoms with Crippen molar-refractivity contribution in [1.29, 1.82) is 0 Å². The van der Waals surface area contributed by atoms with Crippen molar-refractivity contribution < 1.29 is 23.8 Å². The second-order valence-electron chi connectivity index (χ2n) is 6.76. The number of benzene rings is 2. The Balaban J connectivity index is 1.83. The van der Waals surface area contributed by atoms with Gasteiger partial charge in [-0.25, -0.2) is 4.98 Å². The first-order valence-electron chi connectivity index (χ1n) is 9.68. The zero-order chi connectivity index (χ0) is 23.5. The highest BCUT2D eigenvalue weighted by atomic mass is 32.1. The third kappa shape index (κ3) is 4.50. The number of hydrogen-bond acceptors (Lipinski definition) is 9. The molecule has 11 nitrogen and oxygen atoms in total. The number of nitrogens with zero attached hydrogens (tertiary/aromatic N) is 4. The molecular formula is C21H16N4O7S. The number of nitro benzene ring substituents is 2. The summed E-state index contributed by atoms with van der Waals surface area (Å²) in [7, 11) is 0. The maximum Gasteiger partial charge on any atom is 0.277 e. The molecule has 33 heavy (non-hydrogen) atoms. The van der Waals surface area contributed by atoms with E-state index < -0.39 is 27.1 Å². The molecule has 0 saturated heterocycles. The van der Waals surface area contributed by atoms with Gasteiger partial charge in [0.05, 0.1) is 45.6 Å². The molecule has 0 spiro atoms. The lowest BCUT2D eigenvalue weighted by Gasteiger charge is -2.18. The first kappa shape index (κ1) is 21.9. The summed E-state index contributed by atoms with van der Waals surface area (Å²) in [6, 6.07) is 11.5. The van der Waals surface area contributed by atoms with Gasteiger partial charge in [-0.15, -0.1) is 0 Å². The second kappa shape index (κ2) is 9.04. The van der Waals surface area contributed by atoms with Crippen molar-refractivity contribution in [1.82, 2.24) is 4.98 Å². The molecule has 2 heterocycles. The summed E-state index contributed by atoms with van der Waals surface area (Å²) in [4.78, 5) is 40.3. The summed E-state index contributed by atoms with van der Waals surface area (Å²) >= 11 is 1.22. The van der Waals surface area contributed by atoms with Crippen LogP contribution in [0, 0.1) is 20.2 Å². The molecule has 0 radical (unpaired) electrons. The van der Waals surface area contributed by atoms with Gasteiger partial charge in [0, 0.05) is 12.1 Å². The molecule has 0 atom stereocenters. The summed E-state index contributed by atoms with van der Waals surface area (Å²) in [5.74, 6) is 0.289. The van der Waals surface area contributed by atoms with Crippen LogP contribution in [0.15, 0.2) is 59.2 Å². The van der Waals surface area contributed by atoms with Crippen molar-refractivity contribution in [3.05, 3.63) is 86.3 Å². The van der Waals surface area contributed by atoms with Crippen molar-refractivity contribution >= 4 is 44.0 Å². The molecule has 12 heteroatoms. The number of carbonyl (C=O) groups excluding carboxylic acids is 1. The minimum absolute atomic E-state index is 0.0356. The Labute approximate surface area is 190 Å². The number of rotatable bonds is 8. The maximum atomic E-state index is 13.5. The summed E-state index contributed by atoms with van der Waals surface area (Å²) < 4.78 is 11.8. The SMILES string of the molecule is CCOc1cccc2sc(N(Cc3ccco3)C(=O)c3cc([N+](=O)[O-])cc([N+](=O)[O-])c3)nc12. The first-order chi connectivity index (χ1) is 15.9. The molecule has 0 unspecified atom stereocenters. The number of aromatic nitrogens is 1. The lowest BCUT2D eigenvalue weighted by Crippen LogP contribution is -2.30. The van der Waals surface area contributed by atoms with Crippen LogP contribution in [0.5, 0.6) is 5.75 Å². The number of non-ortho nitro benzene ring substituents is 2. The average Bonchev–Trinajstić information content (AvgIpc) is 3.47. The molecule has 0 fully saturated rings. The van der Waals surface area contributed by atoms with Crippen LogP contribution in [-0.2, 0) is 6.54 Å². The number of amides is 1. The van der Waals surface area contributed by atoms with Crippen molar-refractivity contribution in [3.63, 3.8) is 0 Å². The lowest BCUT2D eigenvalue weighted by molar-refractivity contribution is -0.394. The van der Waals surface area contributed by atoms with Gasteiger partial charge >= 0.3 is 0 Å². The van der Waals surface area contributed by atoms with E-state index >= 15 is 0 Å². The number of carbonyl (C=O) groups is 1. The third-order valence-corrected chi connectivity index (χ3v) is 5.66. The van der Waals surface area contributed by atoms with Crippen LogP contribution in [0.3, 0.4) is 0 Å². The largest absolute Gasteiger partial charge is 0.492 e. The van der Waals surface area contributed by atoms with Gasteiger partial charge in [-0.3, -0.25) is 29.9 Å². The topological polar surface area (TPSA) is 142 Å². The van der Waals surface area contributed by atoms with Crippen molar-refractivity contribution in [2.24, 2.45) is 0 Å². The van der Waals surface area contributed by atoms with Gasteiger partial charge in [0.2, 0.25) is 0 Å². The minimum atomic E-state index is -0.785. The van der Waals surface area contributed by atoms with Crippen LogP contribution in [0.4, 0.5) is 16.5 Å². The molecule has 0 aliphatic carbocycles. The molecule has 168 valence electrons. The van der Waals surface area contributed by atoms with Crippen molar-refractivity contribution in [3.8, 4) is 5.75 Å². The van der Waals surface area contributed by atoms with E-state index in [0.717, 1.165) is 22.9 Å². The number of para-hydroxylation sites is 1. The van der Waals surface area contributed by atoms with Crippen molar-refractivity contribution in [2.75, 3.05) is 11.5 Å². The van der Waals surface area contributed by atoms with Gasteiger partial charge in [0.15, 0.2) is 5.13 Å². The van der Waals surface area contributed by atoms with Gasteiger partial charge in [0.1, 0.15) is 17.0 Å². The minimum Gasteiger partial charge on any atom is -0.492 e. The van der Waals surface area contributed by atoms with Crippen LogP contribution in [-0.4, -0.2) is 27.3 Å². The Morgan fingerprint density at radius 2 is 1.85 bits per heavy atom. The van der Waals surface area contributed by atoms with E-state index in [9.17, 15) is 25.0 Å². The number of furan rings is 1. The molecule has 0 saturated carbocycles.